The van der Waals surface area contributed by atoms with Crippen molar-refractivity contribution in [3.63, 3.8) is 0 Å². The highest BCUT2D eigenvalue weighted by atomic mass is 16.6. The average Bonchev–Trinajstić information content (AvgIpc) is 3.94. The topological polar surface area (TPSA) is 238 Å². The number of nitrogens with zero attached hydrogens (tertiary/aromatic N) is 2. The van der Waals surface area contributed by atoms with Crippen LogP contribution in [0.15, 0.2) is 84.5 Å². The lowest BCUT2D eigenvalue weighted by Gasteiger charge is -2.61. The van der Waals surface area contributed by atoms with Crippen molar-refractivity contribution < 1.29 is 58.0 Å². The number of esters is 2. The summed E-state index contributed by atoms with van der Waals surface area (Å²) < 4.78 is 11.6. The number of anilines is 2. The minimum atomic E-state index is -2.42. The van der Waals surface area contributed by atoms with Gasteiger partial charge in [0.2, 0.25) is 23.5 Å². The second-order valence-electron chi connectivity index (χ2n) is 20.9. The van der Waals surface area contributed by atoms with Gasteiger partial charge in [-0.3, -0.25) is 33.7 Å². The summed E-state index contributed by atoms with van der Waals surface area (Å²) in [6.07, 6.45) is 3.34. The molecule has 71 heavy (non-hydrogen) atoms. The number of nitrogens with one attached hydrogen (secondary N) is 3. The summed E-state index contributed by atoms with van der Waals surface area (Å²) in [5.41, 5.74) is -1.69. The number of para-hydroxylation sites is 2. The van der Waals surface area contributed by atoms with E-state index in [0.717, 1.165) is 5.57 Å². The number of benzene rings is 2. The maximum atomic E-state index is 14.8. The molecule has 13 atom stereocenters. The van der Waals surface area contributed by atoms with Gasteiger partial charge in [0, 0.05) is 29.7 Å². The van der Waals surface area contributed by atoms with Crippen LogP contribution in [0.4, 0.5) is 16.2 Å². The number of hydrogen-bond donors (Lipinski definition) is 5. The van der Waals surface area contributed by atoms with Gasteiger partial charge in [0.15, 0.2) is 11.4 Å². The van der Waals surface area contributed by atoms with Gasteiger partial charge in [0.1, 0.15) is 24.2 Å². The fourth-order valence-corrected chi connectivity index (χ4v) is 12.6. The molecule has 17 nitrogen and oxygen atoms in total. The van der Waals surface area contributed by atoms with Gasteiger partial charge in [-0.25, -0.2) is 9.59 Å². The first-order chi connectivity index (χ1) is 33.6. The smallest absolute Gasteiger partial charge is 0.331 e. The Morgan fingerprint density at radius 3 is 2.13 bits per heavy atom. The summed E-state index contributed by atoms with van der Waals surface area (Å²) in [5.74, 6) is -6.23. The number of carbonyl (C=O) groups is 8. The number of ether oxygens (including phenoxy) is 2. The number of amides is 5. The minimum Gasteiger partial charge on any atom is -0.450 e. The number of hydrogen-bond acceptors (Lipinski definition) is 12. The first-order valence-electron chi connectivity index (χ1n) is 25.0. The molecule has 0 spiro atoms. The van der Waals surface area contributed by atoms with Crippen molar-refractivity contribution >= 4 is 58.6 Å². The van der Waals surface area contributed by atoms with Crippen molar-refractivity contribution in [3.8, 4) is 0 Å². The van der Waals surface area contributed by atoms with Crippen LogP contribution in [-0.4, -0.2) is 111 Å². The highest BCUT2D eigenvalue weighted by Gasteiger charge is 2.72. The molecule has 0 radical (unpaired) electrons. The number of fused-ring (bicyclic) bond motifs is 5. The van der Waals surface area contributed by atoms with E-state index < -0.39 is 100 Å². The fraction of sp³-hybridized carbons (Fsp3) is 0.556. The first-order valence-corrected chi connectivity index (χ1v) is 25.0. The minimum absolute atomic E-state index is 0.00877. The maximum Gasteiger partial charge on any atom is 0.331 e. The lowest BCUT2D eigenvalue weighted by molar-refractivity contribution is -0.215. The number of rotatable bonds is 15. The SMILES string of the molecule is CCC(=O)O[C@]1(C(=O)C(O)OC(=O)[C@@H](NC(=O)[C@@H]2CCCN2C(=O)[C@H](C)NC(=O)[C@H](C)NC(=O)N(c2ccccc2)c2ccccc2)C(C)C)CC[C@H]2[C@@H]3C[C@H](C)C4=CC(=O)C=C[C@]4(C)[C@H]3[C@@H](O)C[C@@]21C. The molecule has 2 aromatic rings. The summed E-state index contributed by atoms with van der Waals surface area (Å²) in [6.45, 7) is 13.8. The standard InChI is InChI=1S/C54H69N5O12/c1-9-42(62)71-54(25-23-38-37-27-31(4)39-28-36(60)22-24-52(39,7)43(37)41(61)29-53(38,54)8)45(63)50(68)70-49(67)44(30(2)3)57-47(65)40-21-16-26-58(40)48(66)33(6)55-46(64)32(5)56-51(69)59(34-17-12-10-13-18-34)35-19-14-11-15-20-35/h10-15,17-20,22,24,28,30-33,37-38,40-41,43-44,50,61,68H,9,16,21,23,25-27,29H2,1-8H3,(H,55,64)(H,56,69)(H,57,65)/t31-,32-,33-,37-,38-,40-,41-,43+,44-,50?,52-,53-,54-/m0/s1. The predicted octanol–water partition coefficient (Wildman–Crippen LogP) is 5.21. The van der Waals surface area contributed by atoms with Crippen LogP contribution in [0, 0.1) is 40.4 Å². The van der Waals surface area contributed by atoms with Crippen LogP contribution in [0.3, 0.4) is 0 Å². The highest BCUT2D eigenvalue weighted by Crippen LogP contribution is 2.68. The van der Waals surface area contributed by atoms with Crippen molar-refractivity contribution in [3.05, 3.63) is 84.5 Å². The third-order valence-corrected chi connectivity index (χ3v) is 16.1. The van der Waals surface area contributed by atoms with Crippen LogP contribution in [0.5, 0.6) is 0 Å². The number of aliphatic hydroxyl groups excluding tert-OH is 2. The van der Waals surface area contributed by atoms with Gasteiger partial charge < -0.3 is 40.5 Å². The van der Waals surface area contributed by atoms with Gasteiger partial charge >= 0.3 is 18.0 Å². The Labute approximate surface area is 415 Å². The second-order valence-corrected chi connectivity index (χ2v) is 20.9. The molecule has 5 aliphatic rings. The zero-order valence-electron chi connectivity index (χ0n) is 41.9. The Balaban J connectivity index is 1.00. The zero-order valence-corrected chi connectivity index (χ0v) is 41.9. The second kappa shape index (κ2) is 20.9. The number of urea groups is 1. The Morgan fingerprint density at radius 2 is 1.52 bits per heavy atom. The van der Waals surface area contributed by atoms with Crippen LogP contribution in [0.1, 0.15) is 100 Å². The summed E-state index contributed by atoms with van der Waals surface area (Å²) in [7, 11) is 0. The highest BCUT2D eigenvalue weighted by molar-refractivity contribution is 6.03. The van der Waals surface area contributed by atoms with E-state index >= 15 is 0 Å². The molecule has 3 saturated carbocycles. The lowest BCUT2D eigenvalue weighted by Crippen LogP contribution is -2.64. The first kappa shape index (κ1) is 52.6. The Kier molecular flexibility index (Phi) is 15.5. The number of carbonyl (C=O) groups excluding carboxylic acids is 8. The summed E-state index contributed by atoms with van der Waals surface area (Å²) in [6, 6.07) is 12.6. The molecule has 2 aromatic carbocycles. The molecule has 5 amide bonds. The van der Waals surface area contributed by atoms with E-state index in [1.165, 1.54) is 29.7 Å². The maximum absolute atomic E-state index is 14.8. The molecule has 4 fully saturated rings. The molecular weight excluding hydrogens is 911 g/mol. The van der Waals surface area contributed by atoms with E-state index in [1.54, 1.807) is 82.3 Å². The molecule has 1 saturated heterocycles. The molecular formula is C54H69N5O12. The van der Waals surface area contributed by atoms with Gasteiger partial charge in [-0.05, 0) is 112 Å². The number of allylic oxidation sites excluding steroid dienone is 4. The normalized spacial score (nSPS) is 30.3. The summed E-state index contributed by atoms with van der Waals surface area (Å²) in [4.78, 5) is 112. The van der Waals surface area contributed by atoms with E-state index in [9.17, 15) is 48.6 Å². The van der Waals surface area contributed by atoms with Crippen molar-refractivity contribution in [2.24, 2.45) is 40.4 Å². The quantitative estimate of drug-likeness (QED) is 0.114. The van der Waals surface area contributed by atoms with Gasteiger partial charge in [0.25, 0.3) is 6.29 Å². The predicted molar refractivity (Wildman–Crippen MR) is 261 cm³/mol. The van der Waals surface area contributed by atoms with Crippen LogP contribution in [0.25, 0.3) is 0 Å². The van der Waals surface area contributed by atoms with Crippen molar-refractivity contribution in [1.82, 2.24) is 20.9 Å². The third-order valence-electron chi connectivity index (χ3n) is 16.1. The van der Waals surface area contributed by atoms with E-state index in [0.29, 0.717) is 30.6 Å². The van der Waals surface area contributed by atoms with Gasteiger partial charge in [0.05, 0.1) is 17.5 Å². The molecule has 4 aliphatic carbocycles. The molecule has 382 valence electrons. The molecule has 17 heteroatoms. The number of ketones is 2. The summed E-state index contributed by atoms with van der Waals surface area (Å²) >= 11 is 0. The molecule has 1 unspecified atom stereocenters. The van der Waals surface area contributed by atoms with Crippen molar-refractivity contribution in [2.45, 2.75) is 142 Å². The molecule has 1 heterocycles. The molecule has 0 aromatic heterocycles. The Bertz CT molecular complexity index is 2420. The largest absolute Gasteiger partial charge is 0.450 e. The Hall–Kier alpha value is -6.20. The third kappa shape index (κ3) is 9.91. The van der Waals surface area contributed by atoms with E-state index in [-0.39, 0.29) is 61.7 Å². The monoisotopic (exact) mass is 979 g/mol. The Morgan fingerprint density at radius 1 is 0.887 bits per heavy atom. The van der Waals surface area contributed by atoms with Gasteiger partial charge in [-0.15, -0.1) is 0 Å². The van der Waals surface area contributed by atoms with Crippen LogP contribution in [-0.2, 0) is 43.0 Å². The van der Waals surface area contributed by atoms with Crippen molar-refractivity contribution in [2.75, 3.05) is 11.4 Å². The van der Waals surface area contributed by atoms with Gasteiger partial charge in [-0.1, -0.05) is 89.6 Å². The van der Waals surface area contributed by atoms with E-state index in [4.69, 9.17) is 9.47 Å². The molecule has 7 rings (SSSR count). The van der Waals surface area contributed by atoms with Crippen LogP contribution < -0.4 is 20.9 Å². The summed E-state index contributed by atoms with van der Waals surface area (Å²) in [5, 5.41) is 31.7. The van der Waals surface area contributed by atoms with E-state index in [1.807, 2.05) is 32.1 Å². The van der Waals surface area contributed by atoms with Crippen LogP contribution in [0.2, 0.25) is 0 Å². The number of aliphatic hydroxyl groups is 2. The lowest BCUT2D eigenvalue weighted by atomic mass is 9.44. The zero-order chi connectivity index (χ0) is 51.7. The molecule has 1 aliphatic heterocycles. The average molecular weight is 980 g/mol. The van der Waals surface area contributed by atoms with Gasteiger partial charge in [-0.2, -0.15) is 0 Å². The van der Waals surface area contributed by atoms with Crippen LogP contribution >= 0.6 is 0 Å². The fourth-order valence-electron chi connectivity index (χ4n) is 12.6. The molecule has 5 N–H and O–H groups in total. The number of likely N-dealkylation sites (tertiary alicyclic amines) is 1. The molecule has 0 bridgehead atoms. The number of Topliss-reactive ketones (excluding diaryl/α,β-unsaturated/α-hetero) is 1. The van der Waals surface area contributed by atoms with E-state index in [2.05, 4.69) is 16.0 Å². The van der Waals surface area contributed by atoms with Crippen molar-refractivity contribution in [1.29, 1.82) is 0 Å².